The number of nitrogens with zero attached hydrogens (tertiary/aromatic N) is 2. The van der Waals surface area contributed by atoms with Gasteiger partial charge in [-0.05, 0) is 13.8 Å². The molecule has 78 valence electrons. The van der Waals surface area contributed by atoms with Crippen LogP contribution in [-0.4, -0.2) is 40.7 Å². The van der Waals surface area contributed by atoms with Gasteiger partial charge in [-0.2, -0.15) is 5.10 Å². The largest absolute Gasteiger partial charge is 0.492 e. The van der Waals surface area contributed by atoms with Gasteiger partial charge < -0.3 is 14.8 Å². The van der Waals surface area contributed by atoms with E-state index in [9.17, 15) is 0 Å². The maximum Gasteiger partial charge on any atom is 0.492 e. The van der Waals surface area contributed by atoms with Crippen LogP contribution < -0.4 is 5.46 Å². The number of ether oxygens (including phenoxy) is 1. The molecule has 0 bridgehead atoms. The van der Waals surface area contributed by atoms with Crippen molar-refractivity contribution in [3.63, 3.8) is 0 Å². The van der Waals surface area contributed by atoms with Crippen molar-refractivity contribution in [1.29, 1.82) is 0 Å². The third kappa shape index (κ3) is 2.15. The molecule has 1 aromatic heterocycles. The molecular formula is C8H15BN2O3. The normalized spacial score (nSPS) is 10.6. The number of aromatic nitrogens is 2. The van der Waals surface area contributed by atoms with Gasteiger partial charge in [-0.1, -0.05) is 0 Å². The standard InChI is InChI=1S/C8H15BN2O3/c1-6-8(9(12)13)7(2)11(10-6)4-5-14-3/h12-13H,4-5H2,1-3H3. The summed E-state index contributed by atoms with van der Waals surface area (Å²) in [6.07, 6.45) is 0. The molecule has 0 unspecified atom stereocenters. The van der Waals surface area contributed by atoms with E-state index in [1.54, 1.807) is 18.7 Å². The van der Waals surface area contributed by atoms with Gasteiger partial charge >= 0.3 is 7.12 Å². The lowest BCUT2D eigenvalue weighted by atomic mass is 9.78. The Morgan fingerprint density at radius 2 is 2.07 bits per heavy atom. The SMILES string of the molecule is COCCn1nc(C)c(B(O)O)c1C. The predicted molar refractivity (Wildman–Crippen MR) is 53.4 cm³/mol. The Labute approximate surface area is 83.5 Å². The molecule has 0 saturated carbocycles. The number of hydrogen-bond acceptors (Lipinski definition) is 4. The fourth-order valence-corrected chi connectivity index (χ4v) is 1.48. The molecule has 0 aliphatic carbocycles. The number of aryl methyl sites for hydroxylation is 1. The van der Waals surface area contributed by atoms with Crippen molar-refractivity contribution in [2.75, 3.05) is 13.7 Å². The number of methoxy groups -OCH3 is 1. The summed E-state index contributed by atoms with van der Waals surface area (Å²) in [4.78, 5) is 0. The maximum absolute atomic E-state index is 9.10. The molecule has 0 aromatic carbocycles. The van der Waals surface area contributed by atoms with Gasteiger partial charge in [0.05, 0.1) is 18.8 Å². The van der Waals surface area contributed by atoms with Gasteiger partial charge in [-0.3, -0.25) is 4.68 Å². The third-order valence-corrected chi connectivity index (χ3v) is 2.20. The van der Waals surface area contributed by atoms with E-state index in [0.717, 1.165) is 5.69 Å². The Kier molecular flexibility index (Phi) is 3.68. The Morgan fingerprint density at radius 1 is 1.43 bits per heavy atom. The first-order valence-electron chi connectivity index (χ1n) is 4.47. The average molecular weight is 198 g/mol. The first-order chi connectivity index (χ1) is 6.57. The van der Waals surface area contributed by atoms with Gasteiger partial charge in [0.25, 0.3) is 0 Å². The maximum atomic E-state index is 9.10. The van der Waals surface area contributed by atoms with E-state index in [2.05, 4.69) is 5.10 Å². The van der Waals surface area contributed by atoms with E-state index >= 15 is 0 Å². The van der Waals surface area contributed by atoms with Crippen molar-refractivity contribution in [2.45, 2.75) is 20.4 Å². The van der Waals surface area contributed by atoms with Gasteiger partial charge in [-0.25, -0.2) is 0 Å². The highest BCUT2D eigenvalue weighted by atomic mass is 16.5. The summed E-state index contributed by atoms with van der Waals surface area (Å²) < 4.78 is 6.64. The predicted octanol–water partition coefficient (Wildman–Crippen LogP) is -1.17. The lowest BCUT2D eigenvalue weighted by molar-refractivity contribution is 0.182. The Morgan fingerprint density at radius 3 is 2.50 bits per heavy atom. The van der Waals surface area contributed by atoms with Crippen LogP contribution in [0.2, 0.25) is 0 Å². The van der Waals surface area contributed by atoms with E-state index < -0.39 is 7.12 Å². The Balaban J connectivity index is 2.92. The lowest BCUT2D eigenvalue weighted by Gasteiger charge is -2.03. The molecule has 0 fully saturated rings. The van der Waals surface area contributed by atoms with Crippen LogP contribution in [0.1, 0.15) is 11.4 Å². The highest BCUT2D eigenvalue weighted by Crippen LogP contribution is 2.00. The summed E-state index contributed by atoms with van der Waals surface area (Å²) in [6, 6.07) is 0. The van der Waals surface area contributed by atoms with Crippen molar-refractivity contribution >= 4 is 12.6 Å². The van der Waals surface area contributed by atoms with Crippen LogP contribution >= 0.6 is 0 Å². The summed E-state index contributed by atoms with van der Waals surface area (Å²) in [7, 11) is 0.166. The molecule has 0 aliphatic rings. The van der Waals surface area contributed by atoms with Crippen LogP contribution in [0, 0.1) is 13.8 Å². The smallest absolute Gasteiger partial charge is 0.423 e. The van der Waals surface area contributed by atoms with Gasteiger partial charge in [0.2, 0.25) is 0 Å². The fraction of sp³-hybridized carbons (Fsp3) is 0.625. The molecule has 14 heavy (non-hydrogen) atoms. The van der Waals surface area contributed by atoms with Crippen molar-refractivity contribution < 1.29 is 14.8 Å². The second kappa shape index (κ2) is 4.59. The van der Waals surface area contributed by atoms with Gasteiger partial charge in [0, 0.05) is 18.3 Å². The molecule has 0 amide bonds. The summed E-state index contributed by atoms with van der Waals surface area (Å²) >= 11 is 0. The van der Waals surface area contributed by atoms with E-state index in [1.165, 1.54) is 0 Å². The molecule has 0 spiro atoms. The first-order valence-corrected chi connectivity index (χ1v) is 4.47. The number of hydrogen-bond donors (Lipinski definition) is 2. The minimum absolute atomic E-state index is 0.487. The second-order valence-electron chi connectivity index (χ2n) is 3.17. The summed E-state index contributed by atoms with van der Waals surface area (Å²) in [5, 5.41) is 22.4. The summed E-state index contributed by atoms with van der Waals surface area (Å²) in [5.74, 6) is 0. The van der Waals surface area contributed by atoms with Crippen LogP contribution in [0.4, 0.5) is 0 Å². The van der Waals surface area contributed by atoms with Gasteiger partial charge in [0.1, 0.15) is 0 Å². The molecule has 0 saturated heterocycles. The minimum atomic E-state index is -1.45. The molecule has 0 atom stereocenters. The zero-order chi connectivity index (χ0) is 10.7. The topological polar surface area (TPSA) is 67.5 Å². The highest BCUT2D eigenvalue weighted by molar-refractivity contribution is 6.59. The molecule has 2 N–H and O–H groups in total. The monoisotopic (exact) mass is 198 g/mol. The zero-order valence-corrected chi connectivity index (χ0v) is 8.69. The van der Waals surface area contributed by atoms with Gasteiger partial charge in [0.15, 0.2) is 0 Å². The highest BCUT2D eigenvalue weighted by Gasteiger charge is 2.21. The fourth-order valence-electron chi connectivity index (χ4n) is 1.48. The van der Waals surface area contributed by atoms with Crippen molar-refractivity contribution in [2.24, 2.45) is 0 Å². The quantitative estimate of drug-likeness (QED) is 0.598. The Hall–Kier alpha value is -0.845. The van der Waals surface area contributed by atoms with Crippen molar-refractivity contribution in [3.8, 4) is 0 Å². The average Bonchev–Trinajstić information content (AvgIpc) is 2.38. The van der Waals surface area contributed by atoms with Crippen molar-refractivity contribution in [1.82, 2.24) is 9.78 Å². The third-order valence-electron chi connectivity index (χ3n) is 2.20. The van der Waals surface area contributed by atoms with E-state index in [0.29, 0.717) is 24.3 Å². The molecule has 1 rings (SSSR count). The molecule has 6 heteroatoms. The summed E-state index contributed by atoms with van der Waals surface area (Å²) in [5.41, 5.74) is 1.91. The van der Waals surface area contributed by atoms with E-state index in [4.69, 9.17) is 14.8 Å². The Bertz CT molecular complexity index is 312. The summed E-state index contributed by atoms with van der Waals surface area (Å²) in [6.45, 7) is 4.74. The van der Waals surface area contributed by atoms with Crippen LogP contribution in [0.5, 0.6) is 0 Å². The van der Waals surface area contributed by atoms with Gasteiger partial charge in [-0.15, -0.1) is 0 Å². The minimum Gasteiger partial charge on any atom is -0.423 e. The van der Waals surface area contributed by atoms with Crippen molar-refractivity contribution in [3.05, 3.63) is 11.4 Å². The molecule has 1 aromatic rings. The number of rotatable bonds is 4. The molecule has 5 nitrogen and oxygen atoms in total. The van der Waals surface area contributed by atoms with Crippen LogP contribution in [0.15, 0.2) is 0 Å². The molecule has 1 heterocycles. The van der Waals surface area contributed by atoms with Crippen LogP contribution in [0.3, 0.4) is 0 Å². The van der Waals surface area contributed by atoms with Crippen LogP contribution in [0.25, 0.3) is 0 Å². The van der Waals surface area contributed by atoms with E-state index in [-0.39, 0.29) is 0 Å². The molecule has 0 radical (unpaired) electrons. The molecular weight excluding hydrogens is 183 g/mol. The molecule has 0 aliphatic heterocycles. The van der Waals surface area contributed by atoms with E-state index in [1.807, 2.05) is 6.92 Å². The first kappa shape index (κ1) is 11.2. The van der Waals surface area contributed by atoms with Crippen LogP contribution in [-0.2, 0) is 11.3 Å². The lowest BCUT2D eigenvalue weighted by Crippen LogP contribution is -2.33. The zero-order valence-electron chi connectivity index (χ0n) is 8.69. The second-order valence-corrected chi connectivity index (χ2v) is 3.17.